The number of allylic oxidation sites excluding steroid dienone is 2. The first-order chi connectivity index (χ1) is 5.80. The Morgan fingerprint density at radius 3 is 2.23 bits per heavy atom. The Kier molecular flexibility index (Phi) is 4.26. The zero-order chi connectivity index (χ0) is 10.6. The molecule has 1 unspecified atom stereocenters. The Bertz CT molecular complexity index is 184. The van der Waals surface area contributed by atoms with Crippen molar-refractivity contribution in [2.75, 3.05) is 7.05 Å². The summed E-state index contributed by atoms with van der Waals surface area (Å²) in [6, 6.07) is 0. The highest BCUT2D eigenvalue weighted by Crippen LogP contribution is 2.28. The summed E-state index contributed by atoms with van der Waals surface area (Å²) in [5.74, 6) is 0. The molecule has 0 aromatic rings. The van der Waals surface area contributed by atoms with Crippen LogP contribution in [0.15, 0.2) is 11.8 Å². The Morgan fingerprint density at radius 1 is 1.54 bits per heavy atom. The van der Waals surface area contributed by atoms with E-state index in [0.717, 1.165) is 11.0 Å². The standard InChI is InChI=1S/C8H15F3N2/c1-4-5-7(8(9,10)11)13(3)6(2)12/h5-6H,4,12H2,1-3H3/b7-5-. The molecule has 0 fully saturated rings. The van der Waals surface area contributed by atoms with Gasteiger partial charge in [-0.25, -0.2) is 0 Å². The van der Waals surface area contributed by atoms with Gasteiger partial charge in [0.25, 0.3) is 0 Å². The molecule has 0 bridgehead atoms. The van der Waals surface area contributed by atoms with Gasteiger partial charge in [0.15, 0.2) is 0 Å². The quantitative estimate of drug-likeness (QED) is 0.700. The van der Waals surface area contributed by atoms with Gasteiger partial charge in [0.2, 0.25) is 0 Å². The van der Waals surface area contributed by atoms with Gasteiger partial charge in [0.1, 0.15) is 5.70 Å². The Morgan fingerprint density at radius 2 is 2.00 bits per heavy atom. The maximum absolute atomic E-state index is 12.4. The summed E-state index contributed by atoms with van der Waals surface area (Å²) < 4.78 is 37.1. The van der Waals surface area contributed by atoms with Crippen LogP contribution in [0.3, 0.4) is 0 Å². The number of hydrogen-bond acceptors (Lipinski definition) is 2. The van der Waals surface area contributed by atoms with Crippen molar-refractivity contribution >= 4 is 0 Å². The Hall–Kier alpha value is -0.710. The van der Waals surface area contributed by atoms with Crippen molar-refractivity contribution in [1.82, 2.24) is 4.90 Å². The zero-order valence-electron chi connectivity index (χ0n) is 8.02. The molecule has 0 heterocycles. The molecule has 2 N–H and O–H groups in total. The van der Waals surface area contributed by atoms with Gasteiger partial charge in [-0.15, -0.1) is 0 Å². The molecule has 0 aliphatic rings. The first kappa shape index (κ1) is 12.3. The lowest BCUT2D eigenvalue weighted by molar-refractivity contribution is -0.112. The van der Waals surface area contributed by atoms with Gasteiger partial charge in [0, 0.05) is 7.05 Å². The first-order valence-electron chi connectivity index (χ1n) is 4.06. The molecule has 13 heavy (non-hydrogen) atoms. The largest absolute Gasteiger partial charge is 0.430 e. The third-order valence-corrected chi connectivity index (χ3v) is 1.68. The summed E-state index contributed by atoms with van der Waals surface area (Å²) in [6.07, 6.45) is -3.49. The highest BCUT2D eigenvalue weighted by Gasteiger charge is 2.36. The summed E-state index contributed by atoms with van der Waals surface area (Å²) in [7, 11) is 1.33. The number of alkyl halides is 3. The fraction of sp³-hybridized carbons (Fsp3) is 0.750. The predicted molar refractivity (Wildman–Crippen MR) is 45.8 cm³/mol. The van der Waals surface area contributed by atoms with E-state index in [4.69, 9.17) is 5.73 Å². The van der Waals surface area contributed by atoms with E-state index < -0.39 is 18.0 Å². The average Bonchev–Trinajstić information content (AvgIpc) is 1.96. The molecule has 2 nitrogen and oxygen atoms in total. The van der Waals surface area contributed by atoms with Gasteiger partial charge in [-0.3, -0.25) is 0 Å². The van der Waals surface area contributed by atoms with Crippen molar-refractivity contribution in [3.63, 3.8) is 0 Å². The smallest absolute Gasteiger partial charge is 0.356 e. The van der Waals surface area contributed by atoms with Crippen LogP contribution >= 0.6 is 0 Å². The zero-order valence-corrected chi connectivity index (χ0v) is 8.02. The van der Waals surface area contributed by atoms with Crippen molar-refractivity contribution in [2.24, 2.45) is 5.73 Å². The third-order valence-electron chi connectivity index (χ3n) is 1.68. The second-order valence-corrected chi connectivity index (χ2v) is 2.85. The van der Waals surface area contributed by atoms with Crippen molar-refractivity contribution in [2.45, 2.75) is 32.6 Å². The lowest BCUT2D eigenvalue weighted by atomic mass is 10.3. The van der Waals surface area contributed by atoms with E-state index >= 15 is 0 Å². The molecular formula is C8H15F3N2. The Labute approximate surface area is 76.2 Å². The van der Waals surface area contributed by atoms with Gasteiger partial charge in [-0.1, -0.05) is 13.0 Å². The van der Waals surface area contributed by atoms with Crippen molar-refractivity contribution < 1.29 is 13.2 Å². The first-order valence-corrected chi connectivity index (χ1v) is 4.06. The number of halogens is 3. The van der Waals surface area contributed by atoms with E-state index in [2.05, 4.69) is 0 Å². The Balaban J connectivity index is 4.73. The van der Waals surface area contributed by atoms with Crippen molar-refractivity contribution in [1.29, 1.82) is 0 Å². The summed E-state index contributed by atoms with van der Waals surface area (Å²) >= 11 is 0. The number of nitrogens with two attached hydrogens (primary N) is 1. The second-order valence-electron chi connectivity index (χ2n) is 2.85. The number of hydrogen-bond donors (Lipinski definition) is 1. The minimum atomic E-state index is -4.32. The molecular weight excluding hydrogens is 181 g/mol. The van der Waals surface area contributed by atoms with Crippen LogP contribution in [0.4, 0.5) is 13.2 Å². The highest BCUT2D eigenvalue weighted by molar-refractivity contribution is 5.07. The maximum atomic E-state index is 12.4. The fourth-order valence-electron chi connectivity index (χ4n) is 0.872. The molecule has 0 spiro atoms. The normalized spacial score (nSPS) is 15.8. The molecule has 0 aliphatic heterocycles. The van der Waals surface area contributed by atoms with Crippen LogP contribution in [-0.2, 0) is 0 Å². The molecule has 5 heteroatoms. The SMILES string of the molecule is CC/C=C(\N(C)C(C)N)C(F)(F)F. The summed E-state index contributed by atoms with van der Waals surface area (Å²) in [6.45, 7) is 3.16. The minimum absolute atomic E-state index is 0.339. The average molecular weight is 196 g/mol. The van der Waals surface area contributed by atoms with Crippen LogP contribution in [0.2, 0.25) is 0 Å². The van der Waals surface area contributed by atoms with E-state index in [1.807, 2.05) is 0 Å². The summed E-state index contributed by atoms with van der Waals surface area (Å²) in [4.78, 5) is 1.02. The van der Waals surface area contributed by atoms with Gasteiger partial charge in [-0.05, 0) is 13.3 Å². The third kappa shape index (κ3) is 3.67. The minimum Gasteiger partial charge on any atom is -0.356 e. The highest BCUT2D eigenvalue weighted by atomic mass is 19.4. The second kappa shape index (κ2) is 4.50. The van der Waals surface area contributed by atoms with Gasteiger partial charge >= 0.3 is 6.18 Å². The van der Waals surface area contributed by atoms with E-state index in [9.17, 15) is 13.2 Å². The van der Waals surface area contributed by atoms with Crippen LogP contribution in [0.1, 0.15) is 20.3 Å². The van der Waals surface area contributed by atoms with Gasteiger partial charge in [0.05, 0.1) is 6.17 Å². The summed E-state index contributed by atoms with van der Waals surface area (Å²) in [5.41, 5.74) is 4.67. The van der Waals surface area contributed by atoms with Crippen LogP contribution in [0.5, 0.6) is 0 Å². The van der Waals surface area contributed by atoms with Crippen molar-refractivity contribution in [3.05, 3.63) is 11.8 Å². The molecule has 78 valence electrons. The van der Waals surface area contributed by atoms with E-state index in [1.54, 1.807) is 6.92 Å². The molecule has 0 rings (SSSR count). The fourth-order valence-corrected chi connectivity index (χ4v) is 0.872. The van der Waals surface area contributed by atoms with Gasteiger partial charge < -0.3 is 10.6 Å². The van der Waals surface area contributed by atoms with Crippen LogP contribution in [0.25, 0.3) is 0 Å². The number of nitrogens with zero attached hydrogens (tertiary/aromatic N) is 1. The van der Waals surface area contributed by atoms with E-state index in [1.165, 1.54) is 14.0 Å². The lowest BCUT2D eigenvalue weighted by Gasteiger charge is -2.27. The molecule has 0 radical (unpaired) electrons. The van der Waals surface area contributed by atoms with Crippen LogP contribution < -0.4 is 5.73 Å². The topological polar surface area (TPSA) is 29.3 Å². The molecule has 1 atom stereocenters. The predicted octanol–water partition coefficient (Wildman–Crippen LogP) is 2.08. The van der Waals surface area contributed by atoms with E-state index in [0.29, 0.717) is 6.42 Å². The van der Waals surface area contributed by atoms with Gasteiger partial charge in [-0.2, -0.15) is 13.2 Å². The summed E-state index contributed by atoms with van der Waals surface area (Å²) in [5, 5.41) is 0. The monoisotopic (exact) mass is 196 g/mol. The molecule has 0 saturated carbocycles. The maximum Gasteiger partial charge on any atom is 0.430 e. The van der Waals surface area contributed by atoms with Crippen LogP contribution in [-0.4, -0.2) is 24.3 Å². The molecule has 0 aromatic heterocycles. The molecule has 0 aromatic carbocycles. The number of rotatable bonds is 3. The van der Waals surface area contributed by atoms with Crippen molar-refractivity contribution in [3.8, 4) is 0 Å². The molecule has 0 aliphatic carbocycles. The molecule has 0 saturated heterocycles. The molecule has 0 amide bonds. The van der Waals surface area contributed by atoms with E-state index in [-0.39, 0.29) is 0 Å². The lowest BCUT2D eigenvalue weighted by Crippen LogP contribution is -2.40. The van der Waals surface area contributed by atoms with Crippen LogP contribution in [0, 0.1) is 0 Å².